The van der Waals surface area contributed by atoms with Gasteiger partial charge in [0.25, 0.3) is 0 Å². The van der Waals surface area contributed by atoms with E-state index in [2.05, 4.69) is 29.4 Å². The fourth-order valence-electron chi connectivity index (χ4n) is 4.77. The molecule has 0 aromatic carbocycles. The molecule has 0 aromatic heterocycles. The van der Waals surface area contributed by atoms with E-state index in [1.165, 1.54) is 19.4 Å². The van der Waals surface area contributed by atoms with E-state index in [9.17, 15) is 4.79 Å². The van der Waals surface area contributed by atoms with Gasteiger partial charge in [-0.3, -0.25) is 0 Å². The third-order valence-corrected chi connectivity index (χ3v) is 6.21. The number of amides is 2. The molecule has 2 aliphatic carbocycles. The second kappa shape index (κ2) is 5.38. The predicted octanol–water partition coefficient (Wildman–Crippen LogP) is 1.58. The third-order valence-electron chi connectivity index (χ3n) is 6.21. The van der Waals surface area contributed by atoms with E-state index in [0.29, 0.717) is 18.1 Å². The normalized spacial score (nSPS) is 40.1. The molecule has 5 nitrogen and oxygen atoms in total. The Morgan fingerprint density at radius 3 is 2.82 bits per heavy atom. The Labute approximate surface area is 133 Å². The average molecular weight is 307 g/mol. The zero-order valence-electron chi connectivity index (χ0n) is 13.8. The van der Waals surface area contributed by atoms with E-state index in [0.717, 1.165) is 38.5 Å². The van der Waals surface area contributed by atoms with E-state index in [1.54, 1.807) is 0 Å². The van der Waals surface area contributed by atoms with Gasteiger partial charge in [-0.2, -0.15) is 0 Å². The number of hydrogen-bond acceptors (Lipinski definition) is 3. The first-order valence-corrected chi connectivity index (χ1v) is 8.95. The summed E-state index contributed by atoms with van der Waals surface area (Å²) >= 11 is 0. The maximum absolute atomic E-state index is 12.3. The fourth-order valence-corrected chi connectivity index (χ4v) is 4.77. The third kappa shape index (κ3) is 2.62. The molecule has 4 atom stereocenters. The molecule has 0 radical (unpaired) electrons. The highest BCUT2D eigenvalue weighted by molar-refractivity contribution is 5.75. The highest BCUT2D eigenvalue weighted by atomic mass is 16.5. The van der Waals surface area contributed by atoms with Crippen LogP contribution in [0.3, 0.4) is 0 Å². The first-order chi connectivity index (χ1) is 10.5. The lowest BCUT2D eigenvalue weighted by Crippen LogP contribution is -2.68. The average Bonchev–Trinajstić information content (AvgIpc) is 3.00. The molecule has 4 aliphatic rings. The van der Waals surface area contributed by atoms with Crippen LogP contribution in [0.5, 0.6) is 0 Å². The SMILES string of the molecule is CC1(C)[C@H](NC(=O)N[C@@H]2CCN(CC3CC3)C2)[C@H]2CCO[C@@H]21. The molecule has 124 valence electrons. The van der Waals surface area contributed by atoms with Crippen LogP contribution in [0, 0.1) is 17.3 Å². The molecule has 2 heterocycles. The lowest BCUT2D eigenvalue weighted by atomic mass is 9.57. The molecule has 4 rings (SSSR count). The van der Waals surface area contributed by atoms with E-state index >= 15 is 0 Å². The highest BCUT2D eigenvalue weighted by Crippen LogP contribution is 2.52. The van der Waals surface area contributed by atoms with Gasteiger partial charge in [-0.05, 0) is 31.6 Å². The summed E-state index contributed by atoms with van der Waals surface area (Å²) in [5.41, 5.74) is 0.0617. The molecule has 0 spiro atoms. The molecule has 2 N–H and O–H groups in total. The fraction of sp³-hybridized carbons (Fsp3) is 0.941. The van der Waals surface area contributed by atoms with Crippen LogP contribution in [0.25, 0.3) is 0 Å². The van der Waals surface area contributed by atoms with E-state index < -0.39 is 0 Å². The van der Waals surface area contributed by atoms with Crippen LogP contribution < -0.4 is 10.6 Å². The number of nitrogens with one attached hydrogen (secondary N) is 2. The van der Waals surface area contributed by atoms with Crippen molar-refractivity contribution in [1.82, 2.24) is 15.5 Å². The Morgan fingerprint density at radius 2 is 2.05 bits per heavy atom. The van der Waals surface area contributed by atoms with Crippen molar-refractivity contribution in [2.45, 2.75) is 57.7 Å². The number of carbonyl (C=O) groups excluding carboxylic acids is 1. The van der Waals surface area contributed by atoms with E-state index in [4.69, 9.17) is 4.74 Å². The summed E-state index contributed by atoms with van der Waals surface area (Å²) in [6, 6.07) is 0.586. The van der Waals surface area contributed by atoms with Crippen molar-refractivity contribution in [1.29, 1.82) is 0 Å². The number of carbonyl (C=O) groups is 1. The second-order valence-electron chi connectivity index (χ2n) is 8.35. The molecule has 0 unspecified atom stereocenters. The second-order valence-corrected chi connectivity index (χ2v) is 8.35. The number of urea groups is 1. The molecule has 2 saturated heterocycles. The van der Waals surface area contributed by atoms with Crippen molar-refractivity contribution in [3.63, 3.8) is 0 Å². The quantitative estimate of drug-likeness (QED) is 0.829. The summed E-state index contributed by atoms with van der Waals surface area (Å²) in [4.78, 5) is 14.8. The van der Waals surface area contributed by atoms with Crippen LogP contribution in [0.4, 0.5) is 4.79 Å². The Kier molecular flexibility index (Phi) is 3.61. The summed E-state index contributed by atoms with van der Waals surface area (Å²) in [7, 11) is 0. The van der Waals surface area contributed by atoms with Gasteiger partial charge < -0.3 is 20.3 Å². The minimum absolute atomic E-state index is 0.0155. The zero-order valence-corrected chi connectivity index (χ0v) is 13.8. The Hall–Kier alpha value is -0.810. The zero-order chi connectivity index (χ0) is 15.3. The van der Waals surface area contributed by atoms with Crippen molar-refractivity contribution >= 4 is 6.03 Å². The van der Waals surface area contributed by atoms with Gasteiger partial charge in [0.05, 0.1) is 6.10 Å². The van der Waals surface area contributed by atoms with Gasteiger partial charge in [0.15, 0.2) is 0 Å². The van der Waals surface area contributed by atoms with Crippen molar-refractivity contribution in [3.8, 4) is 0 Å². The lowest BCUT2D eigenvalue weighted by molar-refractivity contribution is -0.108. The molecule has 2 saturated carbocycles. The summed E-state index contributed by atoms with van der Waals surface area (Å²) in [6.07, 6.45) is 5.30. The minimum atomic E-state index is 0.0155. The summed E-state index contributed by atoms with van der Waals surface area (Å²) in [5.74, 6) is 1.44. The molecule has 4 fully saturated rings. The van der Waals surface area contributed by atoms with Crippen molar-refractivity contribution < 1.29 is 9.53 Å². The number of nitrogens with zero attached hydrogens (tertiary/aromatic N) is 1. The smallest absolute Gasteiger partial charge is 0.315 e. The molecule has 0 bridgehead atoms. The van der Waals surface area contributed by atoms with E-state index in [1.807, 2.05) is 0 Å². The van der Waals surface area contributed by atoms with Crippen LogP contribution in [0.15, 0.2) is 0 Å². The van der Waals surface area contributed by atoms with Gasteiger partial charge in [-0.1, -0.05) is 13.8 Å². The first-order valence-electron chi connectivity index (χ1n) is 8.95. The molecule has 0 aromatic rings. The van der Waals surface area contributed by atoms with Crippen molar-refractivity contribution in [2.24, 2.45) is 17.3 Å². The largest absolute Gasteiger partial charge is 0.377 e. The molecule has 2 aliphatic heterocycles. The standard InChI is InChI=1S/C17H29N3O2/c1-17(2)14(13-6-8-22-15(13)17)19-16(21)18-12-5-7-20(10-12)9-11-3-4-11/h11-15H,3-10H2,1-2H3,(H2,18,19,21)/t12-,13-,14-,15+/m1/s1. The van der Waals surface area contributed by atoms with Gasteiger partial charge in [0, 0.05) is 49.7 Å². The van der Waals surface area contributed by atoms with Crippen LogP contribution in [-0.4, -0.2) is 55.4 Å². The predicted molar refractivity (Wildman–Crippen MR) is 84.7 cm³/mol. The number of likely N-dealkylation sites (tertiary alicyclic amines) is 1. The molecular formula is C17H29N3O2. The number of ether oxygens (including phenoxy) is 1. The number of hydrogen-bond donors (Lipinski definition) is 2. The molecular weight excluding hydrogens is 278 g/mol. The van der Waals surface area contributed by atoms with Gasteiger partial charge in [0.1, 0.15) is 0 Å². The maximum atomic E-state index is 12.3. The Bertz CT molecular complexity index is 449. The molecule has 22 heavy (non-hydrogen) atoms. The van der Waals surface area contributed by atoms with Crippen LogP contribution in [0.1, 0.15) is 39.5 Å². The van der Waals surface area contributed by atoms with Crippen LogP contribution in [-0.2, 0) is 4.74 Å². The van der Waals surface area contributed by atoms with Gasteiger partial charge in [-0.25, -0.2) is 4.79 Å². The van der Waals surface area contributed by atoms with Crippen molar-refractivity contribution in [3.05, 3.63) is 0 Å². The van der Waals surface area contributed by atoms with Crippen molar-refractivity contribution in [2.75, 3.05) is 26.2 Å². The molecule has 5 heteroatoms. The molecule has 2 amide bonds. The van der Waals surface area contributed by atoms with E-state index in [-0.39, 0.29) is 17.5 Å². The summed E-state index contributed by atoms with van der Waals surface area (Å²) in [5, 5.41) is 6.41. The minimum Gasteiger partial charge on any atom is -0.377 e. The van der Waals surface area contributed by atoms with Gasteiger partial charge in [0.2, 0.25) is 0 Å². The number of rotatable bonds is 4. The maximum Gasteiger partial charge on any atom is 0.315 e. The van der Waals surface area contributed by atoms with Gasteiger partial charge in [-0.15, -0.1) is 0 Å². The Balaban J connectivity index is 1.25. The first kappa shape index (κ1) is 14.8. The topological polar surface area (TPSA) is 53.6 Å². The van der Waals surface area contributed by atoms with Crippen LogP contribution >= 0.6 is 0 Å². The summed E-state index contributed by atoms with van der Waals surface area (Å²) in [6.45, 7) is 8.64. The lowest BCUT2D eigenvalue weighted by Gasteiger charge is -2.54. The van der Waals surface area contributed by atoms with Gasteiger partial charge >= 0.3 is 6.03 Å². The van der Waals surface area contributed by atoms with Crippen LogP contribution in [0.2, 0.25) is 0 Å². The monoisotopic (exact) mass is 307 g/mol. The highest BCUT2D eigenvalue weighted by Gasteiger charge is 2.59. The number of fused-ring (bicyclic) bond motifs is 1. The summed E-state index contributed by atoms with van der Waals surface area (Å²) < 4.78 is 5.79. The Morgan fingerprint density at radius 1 is 1.23 bits per heavy atom.